The monoisotopic (exact) mass is 469 g/mol. The number of hydrogen-bond donors (Lipinski definition) is 1. The molecule has 3 heterocycles. The van der Waals surface area contributed by atoms with Crippen LogP contribution in [0.1, 0.15) is 18.4 Å². The molecule has 1 amide bonds. The Balaban J connectivity index is 1.57. The van der Waals surface area contributed by atoms with Gasteiger partial charge < -0.3 is 14.3 Å². The second-order valence-corrected chi connectivity index (χ2v) is 10.2. The molecule has 2 atom stereocenters. The number of anilines is 1. The second kappa shape index (κ2) is 9.39. The summed E-state index contributed by atoms with van der Waals surface area (Å²) < 4.78 is 49.1. The Labute approximate surface area is 182 Å². The molecule has 0 unspecified atom stereocenters. The van der Waals surface area contributed by atoms with Gasteiger partial charge in [0.1, 0.15) is 0 Å². The van der Waals surface area contributed by atoms with Gasteiger partial charge in [-0.1, -0.05) is 28.6 Å². The zero-order chi connectivity index (χ0) is 21.8. The molecule has 2 fully saturated rings. The van der Waals surface area contributed by atoms with Crippen LogP contribution in [0.3, 0.4) is 0 Å². The molecule has 12 heteroatoms. The van der Waals surface area contributed by atoms with Crippen molar-refractivity contribution in [1.29, 1.82) is 0 Å². The van der Waals surface area contributed by atoms with E-state index in [0.29, 0.717) is 49.6 Å². The molecule has 0 saturated carbocycles. The van der Waals surface area contributed by atoms with E-state index < -0.39 is 26.1 Å². The first kappa shape index (κ1) is 21.8. The molecule has 9 nitrogen and oxygen atoms in total. The van der Waals surface area contributed by atoms with Crippen molar-refractivity contribution in [2.24, 2.45) is 5.16 Å². The summed E-state index contributed by atoms with van der Waals surface area (Å²) in [6, 6.07) is 5.82. The van der Waals surface area contributed by atoms with E-state index in [1.165, 1.54) is 24.3 Å². The predicted molar refractivity (Wildman–Crippen MR) is 110 cm³/mol. The van der Waals surface area contributed by atoms with Crippen LogP contribution in [0.15, 0.2) is 40.5 Å². The van der Waals surface area contributed by atoms with E-state index in [9.17, 15) is 17.6 Å². The van der Waals surface area contributed by atoms with Gasteiger partial charge in [0.15, 0.2) is 31.9 Å². The first-order chi connectivity index (χ1) is 14.9. The van der Waals surface area contributed by atoms with Gasteiger partial charge in [0.25, 0.3) is 5.91 Å². The molecule has 0 spiro atoms. The number of halogens is 1. The highest BCUT2D eigenvalue weighted by molar-refractivity contribution is 7.92. The van der Waals surface area contributed by atoms with Gasteiger partial charge in [-0.05, 0) is 18.6 Å². The Morgan fingerprint density at radius 1 is 1.19 bits per heavy atom. The van der Waals surface area contributed by atoms with Crippen molar-refractivity contribution in [1.82, 2.24) is 4.98 Å². The summed E-state index contributed by atoms with van der Waals surface area (Å²) in [4.78, 5) is 22.1. The van der Waals surface area contributed by atoms with Crippen molar-refractivity contribution >= 4 is 37.9 Å². The number of thiazole rings is 1. The lowest BCUT2D eigenvalue weighted by Crippen LogP contribution is -2.25. The van der Waals surface area contributed by atoms with Gasteiger partial charge in [-0.15, -0.1) is 0 Å². The minimum absolute atomic E-state index is 0.0693. The van der Waals surface area contributed by atoms with Crippen molar-refractivity contribution in [3.05, 3.63) is 41.2 Å². The maximum Gasteiger partial charge on any atom is 0.280 e. The summed E-state index contributed by atoms with van der Waals surface area (Å²) in [6.07, 6.45) is 1.79. The van der Waals surface area contributed by atoms with Crippen LogP contribution < -0.4 is 5.32 Å². The Hall–Kier alpha value is -2.41. The molecule has 2 aliphatic rings. The van der Waals surface area contributed by atoms with Crippen LogP contribution in [0.2, 0.25) is 0 Å². The number of sulfone groups is 1. The van der Waals surface area contributed by atoms with Crippen LogP contribution >= 0.6 is 11.3 Å². The molecule has 31 heavy (non-hydrogen) atoms. The summed E-state index contributed by atoms with van der Waals surface area (Å²) >= 11 is 0.675. The number of hydrogen-bond acceptors (Lipinski definition) is 9. The smallest absolute Gasteiger partial charge is 0.280 e. The van der Waals surface area contributed by atoms with Gasteiger partial charge in [-0.25, -0.2) is 13.4 Å². The number of carbonyl (C=O) groups excluding carboxylic acids is 1. The molecular weight excluding hydrogens is 449 g/mol. The van der Waals surface area contributed by atoms with Crippen molar-refractivity contribution in [2.75, 3.05) is 31.7 Å². The quantitative estimate of drug-likeness (QED) is 0.487. The molecule has 1 aromatic carbocycles. The SMILES string of the molecule is O=C(Nc1ncc(F)s1)C(=NO[C@@H]1CCOC1)c1ccc(S(=O)(=O)[C@@H]2CCOC2)cc1. The van der Waals surface area contributed by atoms with Gasteiger partial charge in [-0.3, -0.25) is 10.1 Å². The molecule has 0 radical (unpaired) electrons. The van der Waals surface area contributed by atoms with E-state index in [-0.39, 0.29) is 28.4 Å². The fraction of sp³-hybridized carbons (Fsp3) is 0.421. The minimum Gasteiger partial charge on any atom is -0.389 e. The molecule has 0 bridgehead atoms. The minimum atomic E-state index is -3.54. The Morgan fingerprint density at radius 3 is 2.55 bits per heavy atom. The van der Waals surface area contributed by atoms with E-state index in [2.05, 4.69) is 15.5 Å². The lowest BCUT2D eigenvalue weighted by molar-refractivity contribution is -0.110. The maximum absolute atomic E-state index is 13.2. The molecule has 2 aromatic rings. The van der Waals surface area contributed by atoms with E-state index in [1.54, 1.807) is 0 Å². The Kier molecular flexibility index (Phi) is 6.60. The molecule has 2 aliphatic heterocycles. The normalized spacial score (nSPS) is 21.9. The van der Waals surface area contributed by atoms with Crippen molar-refractivity contribution < 1.29 is 31.9 Å². The highest BCUT2D eigenvalue weighted by atomic mass is 32.2. The van der Waals surface area contributed by atoms with Crippen LogP contribution in [0.5, 0.6) is 0 Å². The summed E-state index contributed by atoms with van der Waals surface area (Å²) in [5.41, 5.74) is 0.255. The number of amides is 1. The van der Waals surface area contributed by atoms with Crippen molar-refractivity contribution in [3.63, 3.8) is 0 Å². The zero-order valence-corrected chi connectivity index (χ0v) is 18.0. The van der Waals surface area contributed by atoms with Gasteiger partial charge in [-0.2, -0.15) is 4.39 Å². The number of oxime groups is 1. The molecule has 0 aliphatic carbocycles. The fourth-order valence-electron chi connectivity index (χ4n) is 3.17. The Bertz CT molecular complexity index is 1060. The van der Waals surface area contributed by atoms with Crippen LogP contribution in [-0.4, -0.2) is 62.8 Å². The molecule has 1 N–H and O–H groups in total. The average molecular weight is 470 g/mol. The summed E-state index contributed by atoms with van der Waals surface area (Å²) in [5.74, 6) is -0.659. The number of ether oxygens (including phenoxy) is 2. The standard InChI is InChI=1S/C19H20FN3O6S2/c20-16-9-21-19(30-16)22-18(24)17(23-29-13-5-7-27-10-13)12-1-3-14(4-2-12)31(25,26)15-6-8-28-11-15/h1-4,9,13,15H,5-8,10-11H2,(H,21,22,24)/t13-,15-/m1/s1. The van der Waals surface area contributed by atoms with Crippen LogP contribution in [0, 0.1) is 5.13 Å². The van der Waals surface area contributed by atoms with Gasteiger partial charge in [0.2, 0.25) is 0 Å². The fourth-order valence-corrected chi connectivity index (χ4v) is 5.29. The molecule has 1 aromatic heterocycles. The van der Waals surface area contributed by atoms with E-state index >= 15 is 0 Å². The molecule has 2 saturated heterocycles. The number of nitrogens with one attached hydrogen (secondary N) is 1. The van der Waals surface area contributed by atoms with Gasteiger partial charge in [0, 0.05) is 18.6 Å². The highest BCUT2D eigenvalue weighted by Gasteiger charge is 2.31. The van der Waals surface area contributed by atoms with Crippen LogP contribution in [-0.2, 0) is 28.9 Å². The number of nitrogens with zero attached hydrogens (tertiary/aromatic N) is 2. The zero-order valence-electron chi connectivity index (χ0n) is 16.3. The van der Waals surface area contributed by atoms with Crippen molar-refractivity contribution in [3.8, 4) is 0 Å². The van der Waals surface area contributed by atoms with E-state index in [0.717, 1.165) is 6.20 Å². The second-order valence-electron chi connectivity index (χ2n) is 7.01. The first-order valence-corrected chi connectivity index (χ1v) is 12.0. The van der Waals surface area contributed by atoms with Gasteiger partial charge in [0.05, 0.1) is 36.2 Å². The third-order valence-corrected chi connectivity index (χ3v) is 7.76. The predicted octanol–water partition coefficient (Wildman–Crippen LogP) is 1.99. The third-order valence-electron chi connectivity index (χ3n) is 4.88. The van der Waals surface area contributed by atoms with E-state index in [4.69, 9.17) is 14.3 Å². The first-order valence-electron chi connectivity index (χ1n) is 9.60. The topological polar surface area (TPSA) is 116 Å². The van der Waals surface area contributed by atoms with Crippen LogP contribution in [0.4, 0.5) is 9.52 Å². The third kappa shape index (κ3) is 5.09. The lowest BCUT2D eigenvalue weighted by Gasteiger charge is -2.12. The number of rotatable bonds is 7. The number of aromatic nitrogens is 1. The summed E-state index contributed by atoms with van der Waals surface area (Å²) in [5, 5.41) is 5.41. The maximum atomic E-state index is 13.2. The van der Waals surface area contributed by atoms with Gasteiger partial charge >= 0.3 is 0 Å². The number of carbonyl (C=O) groups is 1. The lowest BCUT2D eigenvalue weighted by atomic mass is 10.1. The highest BCUT2D eigenvalue weighted by Crippen LogP contribution is 2.23. The Morgan fingerprint density at radius 2 is 1.94 bits per heavy atom. The summed E-state index contributed by atoms with van der Waals surface area (Å²) in [7, 11) is -3.54. The molecule has 4 rings (SSSR count). The van der Waals surface area contributed by atoms with E-state index in [1.807, 2.05) is 0 Å². The molecule has 166 valence electrons. The number of benzene rings is 1. The summed E-state index contributed by atoms with van der Waals surface area (Å²) in [6.45, 7) is 1.48. The van der Waals surface area contributed by atoms with Crippen LogP contribution in [0.25, 0.3) is 0 Å². The average Bonchev–Trinajstić information content (AvgIpc) is 3.52. The largest absolute Gasteiger partial charge is 0.389 e. The van der Waals surface area contributed by atoms with Crippen molar-refractivity contribution in [2.45, 2.75) is 29.1 Å². The molecular formula is C19H20FN3O6S2.